The van der Waals surface area contributed by atoms with E-state index < -0.39 is 16.1 Å². The summed E-state index contributed by atoms with van der Waals surface area (Å²) in [6.45, 7) is 9.93. The highest BCUT2D eigenvalue weighted by Gasteiger charge is 2.39. The highest BCUT2D eigenvalue weighted by atomic mass is 28.3. The minimum absolute atomic E-state index is 0.818. The summed E-state index contributed by atoms with van der Waals surface area (Å²) in [4.78, 5) is 4.79. The van der Waals surface area contributed by atoms with Gasteiger partial charge in [0.1, 0.15) is 38.5 Å². The van der Waals surface area contributed by atoms with Crippen LogP contribution in [0.2, 0.25) is 26.2 Å². The van der Waals surface area contributed by atoms with Crippen molar-refractivity contribution in [2.75, 3.05) is 9.80 Å². The van der Waals surface area contributed by atoms with Crippen molar-refractivity contribution in [1.82, 2.24) is 0 Å². The molecule has 72 heavy (non-hydrogen) atoms. The zero-order valence-electron chi connectivity index (χ0n) is 40.5. The van der Waals surface area contributed by atoms with Crippen molar-refractivity contribution < 1.29 is 8.83 Å². The molecule has 15 rings (SSSR count). The standard InChI is InChI=1S/C66H48N2O2Si2/c1-71(2)63-21-13-11-19-51(63)53-29-27-49(37-65(53)71)67(45-15-7-5-8-16-45)47-25-23-41-33-55-57-39-58-56-34-42-24-26-48(32-44(42)36-60(56)70-62(58)40-61(57)69-59(55)35-43(41)31-47)68(46-17-9-6-10-18-46)50-28-30-54-52-20-12-14-22-64(52)72(3,4)66(54)38-50/h5-40H,1-4H3. The fraction of sp³-hybridized carbons (Fsp3) is 0.0606. The van der Waals surface area contributed by atoms with Crippen LogP contribution in [0.4, 0.5) is 34.1 Å². The molecule has 0 spiro atoms. The molecule has 0 fully saturated rings. The number of anilines is 6. The maximum Gasteiger partial charge on any atom is 0.139 e. The van der Waals surface area contributed by atoms with Gasteiger partial charge in [-0.05, 0) is 168 Å². The second kappa shape index (κ2) is 15.0. The van der Waals surface area contributed by atoms with Crippen molar-refractivity contribution in [3.63, 3.8) is 0 Å². The summed E-state index contributed by atoms with van der Waals surface area (Å²) in [6, 6.07) is 80.7. The van der Waals surface area contributed by atoms with Gasteiger partial charge in [0.2, 0.25) is 0 Å². The normalized spacial score (nSPS) is 14.1. The molecule has 0 bridgehead atoms. The van der Waals surface area contributed by atoms with E-state index >= 15 is 0 Å². The third-order valence-corrected chi connectivity index (χ3v) is 23.2. The summed E-state index contributed by atoms with van der Waals surface area (Å²) in [5, 5.41) is 15.0. The first-order valence-corrected chi connectivity index (χ1v) is 31.1. The predicted molar refractivity (Wildman–Crippen MR) is 310 cm³/mol. The minimum Gasteiger partial charge on any atom is -0.456 e. The van der Waals surface area contributed by atoms with E-state index in [2.05, 4.69) is 254 Å². The van der Waals surface area contributed by atoms with E-state index in [0.717, 1.165) is 77.4 Å². The smallest absolute Gasteiger partial charge is 0.139 e. The molecule has 6 heteroatoms. The topological polar surface area (TPSA) is 32.8 Å². The Bertz CT molecular complexity index is 4140. The van der Waals surface area contributed by atoms with Crippen LogP contribution in [0.3, 0.4) is 0 Å². The molecule has 0 atom stereocenters. The van der Waals surface area contributed by atoms with E-state index in [1.807, 2.05) is 0 Å². The number of furan rings is 2. The largest absolute Gasteiger partial charge is 0.456 e. The summed E-state index contributed by atoms with van der Waals surface area (Å²) in [6.07, 6.45) is 0. The number of para-hydroxylation sites is 2. The van der Waals surface area contributed by atoms with Gasteiger partial charge in [0.05, 0.1) is 0 Å². The Morgan fingerprint density at radius 3 is 1.08 bits per heavy atom. The van der Waals surface area contributed by atoms with Gasteiger partial charge < -0.3 is 18.6 Å². The van der Waals surface area contributed by atoms with Crippen LogP contribution in [0.15, 0.2) is 227 Å². The SMILES string of the molecule is C[Si]1(C)c2ccccc2-c2ccc(N(c3ccccc3)c3ccc4cc5c(cc4c3)oc3cc4oc6cc7cc(N(c8ccccc8)c8ccc9c(c8)[Si](C)(C)c8ccccc8-9)ccc7cc6c4cc35)cc21. The van der Waals surface area contributed by atoms with Crippen LogP contribution in [0, 0.1) is 0 Å². The van der Waals surface area contributed by atoms with Gasteiger partial charge >= 0.3 is 0 Å². The van der Waals surface area contributed by atoms with Crippen molar-refractivity contribution >= 4 is 136 Å². The van der Waals surface area contributed by atoms with Crippen LogP contribution in [-0.4, -0.2) is 16.1 Å². The molecule has 13 aromatic rings. The van der Waals surface area contributed by atoms with Gasteiger partial charge in [-0.3, -0.25) is 0 Å². The van der Waals surface area contributed by atoms with Gasteiger partial charge in [0.25, 0.3) is 0 Å². The molecular formula is C66H48N2O2Si2. The minimum atomic E-state index is -1.88. The first-order valence-electron chi connectivity index (χ1n) is 25.1. The van der Waals surface area contributed by atoms with Gasteiger partial charge in [-0.1, -0.05) is 135 Å². The Kier molecular flexibility index (Phi) is 8.64. The fourth-order valence-corrected chi connectivity index (χ4v) is 18.7. The molecule has 11 aromatic carbocycles. The van der Waals surface area contributed by atoms with E-state index in [4.69, 9.17) is 8.83 Å². The van der Waals surface area contributed by atoms with Crippen molar-refractivity contribution in [3.8, 4) is 22.3 Å². The Hall–Kier alpha value is -8.43. The van der Waals surface area contributed by atoms with Crippen LogP contribution < -0.4 is 30.5 Å². The Balaban J connectivity index is 0.804. The lowest BCUT2D eigenvalue weighted by Crippen LogP contribution is -2.49. The third kappa shape index (κ3) is 6.03. The average molecular weight is 957 g/mol. The van der Waals surface area contributed by atoms with Crippen LogP contribution in [0.5, 0.6) is 0 Å². The number of hydrogen-bond donors (Lipinski definition) is 0. The first kappa shape index (κ1) is 41.4. The quantitative estimate of drug-likeness (QED) is 0.156. The maximum absolute atomic E-state index is 6.73. The third-order valence-electron chi connectivity index (χ3n) is 16.1. The number of rotatable bonds is 6. The molecule has 2 aliphatic rings. The molecule has 2 aromatic heterocycles. The number of benzene rings is 11. The molecule has 0 saturated carbocycles. The lowest BCUT2D eigenvalue weighted by atomic mass is 10.0. The van der Waals surface area contributed by atoms with Crippen LogP contribution >= 0.6 is 0 Å². The first-order chi connectivity index (χ1) is 35.2. The molecule has 0 radical (unpaired) electrons. The summed E-state index contributed by atoms with van der Waals surface area (Å²) in [7, 11) is -3.76. The second-order valence-electron chi connectivity index (χ2n) is 21.0. The second-order valence-corrected chi connectivity index (χ2v) is 29.6. The average Bonchev–Trinajstić information content (AvgIpc) is 4.08. The molecule has 4 heterocycles. The predicted octanol–water partition coefficient (Wildman–Crippen LogP) is 16.3. The molecule has 4 nitrogen and oxygen atoms in total. The fourth-order valence-electron chi connectivity index (χ4n) is 12.5. The van der Waals surface area contributed by atoms with Crippen LogP contribution in [0.25, 0.3) is 87.7 Å². The molecule has 2 aliphatic heterocycles. The Morgan fingerprint density at radius 1 is 0.264 bits per heavy atom. The van der Waals surface area contributed by atoms with Gasteiger partial charge in [0, 0.05) is 61.7 Å². The maximum atomic E-state index is 6.73. The number of fused-ring (bicyclic) bond motifs is 14. The van der Waals surface area contributed by atoms with E-state index in [-0.39, 0.29) is 0 Å². The van der Waals surface area contributed by atoms with E-state index in [0.29, 0.717) is 0 Å². The molecule has 0 amide bonds. The summed E-state index contributed by atoms with van der Waals surface area (Å²) < 4.78 is 13.5. The van der Waals surface area contributed by atoms with Gasteiger partial charge in [-0.15, -0.1) is 0 Å². The molecular weight excluding hydrogens is 909 g/mol. The summed E-state index contributed by atoms with van der Waals surface area (Å²) in [5.74, 6) is 0. The number of nitrogens with zero attached hydrogens (tertiary/aromatic N) is 2. The molecule has 0 unspecified atom stereocenters. The summed E-state index contributed by atoms with van der Waals surface area (Å²) >= 11 is 0. The highest BCUT2D eigenvalue weighted by Crippen LogP contribution is 2.44. The van der Waals surface area contributed by atoms with E-state index in [1.165, 1.54) is 65.1 Å². The lowest BCUT2D eigenvalue weighted by molar-refractivity contribution is 0.656. The van der Waals surface area contributed by atoms with Crippen molar-refractivity contribution in [2.24, 2.45) is 0 Å². The molecule has 0 aliphatic carbocycles. The zero-order chi connectivity index (χ0) is 48.0. The van der Waals surface area contributed by atoms with Crippen molar-refractivity contribution in [3.05, 3.63) is 218 Å². The van der Waals surface area contributed by atoms with Crippen molar-refractivity contribution in [1.29, 1.82) is 0 Å². The molecule has 0 N–H and O–H groups in total. The van der Waals surface area contributed by atoms with Gasteiger partial charge in [0.15, 0.2) is 0 Å². The van der Waals surface area contributed by atoms with Crippen LogP contribution in [0.1, 0.15) is 0 Å². The highest BCUT2D eigenvalue weighted by molar-refractivity contribution is 7.04. The number of hydrogen-bond acceptors (Lipinski definition) is 4. The monoisotopic (exact) mass is 956 g/mol. The van der Waals surface area contributed by atoms with E-state index in [1.54, 1.807) is 0 Å². The molecule has 342 valence electrons. The van der Waals surface area contributed by atoms with Gasteiger partial charge in [-0.2, -0.15) is 0 Å². The molecule has 0 saturated heterocycles. The van der Waals surface area contributed by atoms with E-state index in [9.17, 15) is 0 Å². The summed E-state index contributed by atoms with van der Waals surface area (Å²) in [5.41, 5.74) is 15.7. The Labute approximate surface area is 419 Å². The lowest BCUT2D eigenvalue weighted by Gasteiger charge is -2.28. The Morgan fingerprint density at radius 2 is 0.625 bits per heavy atom. The zero-order valence-corrected chi connectivity index (χ0v) is 42.5. The van der Waals surface area contributed by atoms with Gasteiger partial charge in [-0.25, -0.2) is 0 Å². The van der Waals surface area contributed by atoms with Crippen LogP contribution in [-0.2, 0) is 0 Å². The van der Waals surface area contributed by atoms with Crippen molar-refractivity contribution in [2.45, 2.75) is 26.2 Å².